The highest BCUT2D eigenvalue weighted by Crippen LogP contribution is 2.57. The summed E-state index contributed by atoms with van der Waals surface area (Å²) >= 11 is 0. The molecule has 1 heterocycles. The van der Waals surface area contributed by atoms with E-state index in [1.54, 1.807) is 0 Å². The van der Waals surface area contributed by atoms with Gasteiger partial charge in [-0.1, -0.05) is 19.9 Å². The maximum absolute atomic E-state index is 6.76. The molecule has 0 aromatic rings. The van der Waals surface area contributed by atoms with Gasteiger partial charge in [0, 0.05) is 11.8 Å². The average Bonchev–Trinajstić information content (AvgIpc) is 2.61. The van der Waals surface area contributed by atoms with E-state index in [9.17, 15) is 0 Å². The van der Waals surface area contributed by atoms with Crippen LogP contribution in [0.25, 0.3) is 0 Å². The zero-order chi connectivity index (χ0) is 18.6. The van der Waals surface area contributed by atoms with Gasteiger partial charge in [-0.2, -0.15) is 0 Å². The average molecular weight is 371 g/mol. The standard InChI is InChI=1S/C19H38O3Si2/c1-15-13-16(20-23(5,6)7)14-17(2,3)19(15)12-11-18(4,21-19)22-24(8,9)10/h13,16H,11-12,14H2,1-10H3. The summed E-state index contributed by atoms with van der Waals surface area (Å²) in [7, 11) is -3.20. The van der Waals surface area contributed by atoms with Crippen LogP contribution in [0.3, 0.4) is 0 Å². The molecule has 2 rings (SSSR count). The molecule has 0 N–H and O–H groups in total. The molecule has 0 bridgehead atoms. The Morgan fingerprint density at radius 3 is 2.04 bits per heavy atom. The third-order valence-corrected chi connectivity index (χ3v) is 7.28. The quantitative estimate of drug-likeness (QED) is 0.469. The summed E-state index contributed by atoms with van der Waals surface area (Å²) in [6, 6.07) is 0. The molecule has 0 aromatic carbocycles. The van der Waals surface area contributed by atoms with E-state index in [1.165, 1.54) is 5.57 Å². The van der Waals surface area contributed by atoms with Crippen LogP contribution in [0.4, 0.5) is 0 Å². The lowest BCUT2D eigenvalue weighted by molar-refractivity contribution is -0.222. The van der Waals surface area contributed by atoms with Gasteiger partial charge in [0.25, 0.3) is 0 Å². The van der Waals surface area contributed by atoms with Crippen LogP contribution in [0, 0.1) is 5.41 Å². The number of rotatable bonds is 4. The molecule has 1 fully saturated rings. The Morgan fingerprint density at radius 2 is 1.58 bits per heavy atom. The van der Waals surface area contributed by atoms with Crippen molar-refractivity contribution in [3.63, 3.8) is 0 Å². The number of ether oxygens (including phenoxy) is 1. The first-order valence-electron chi connectivity index (χ1n) is 9.35. The predicted molar refractivity (Wildman–Crippen MR) is 106 cm³/mol. The van der Waals surface area contributed by atoms with Gasteiger partial charge in [0.1, 0.15) is 0 Å². The van der Waals surface area contributed by atoms with Gasteiger partial charge in [-0.3, -0.25) is 0 Å². The van der Waals surface area contributed by atoms with Crippen molar-refractivity contribution < 1.29 is 13.6 Å². The summed E-state index contributed by atoms with van der Waals surface area (Å²) in [5, 5.41) is 0. The van der Waals surface area contributed by atoms with E-state index >= 15 is 0 Å². The van der Waals surface area contributed by atoms with E-state index in [-0.39, 0.29) is 17.1 Å². The zero-order valence-corrected chi connectivity index (χ0v) is 19.5. The lowest BCUT2D eigenvalue weighted by atomic mass is 9.63. The van der Waals surface area contributed by atoms with Crippen LogP contribution in [0.2, 0.25) is 39.3 Å². The van der Waals surface area contributed by atoms with Gasteiger partial charge in [-0.15, -0.1) is 0 Å². The fraction of sp³-hybridized carbons (Fsp3) is 0.895. The molecule has 1 aliphatic heterocycles. The van der Waals surface area contributed by atoms with Gasteiger partial charge in [-0.25, -0.2) is 0 Å². The van der Waals surface area contributed by atoms with Gasteiger partial charge in [-0.05, 0) is 71.5 Å². The molecule has 0 saturated carbocycles. The highest BCUT2D eigenvalue weighted by Gasteiger charge is 2.59. The van der Waals surface area contributed by atoms with Crippen LogP contribution in [0.5, 0.6) is 0 Å². The van der Waals surface area contributed by atoms with Gasteiger partial charge < -0.3 is 13.6 Å². The Hall–Kier alpha value is 0.0538. The Balaban J connectivity index is 2.29. The van der Waals surface area contributed by atoms with Crippen molar-refractivity contribution in [1.82, 2.24) is 0 Å². The fourth-order valence-corrected chi connectivity index (χ4v) is 7.05. The van der Waals surface area contributed by atoms with Crippen LogP contribution >= 0.6 is 0 Å². The summed E-state index contributed by atoms with van der Waals surface area (Å²) in [6.45, 7) is 22.5. The molecular formula is C19H38O3Si2. The maximum Gasteiger partial charge on any atom is 0.187 e. The fourth-order valence-electron chi connectivity index (χ4n) is 4.55. The van der Waals surface area contributed by atoms with Crippen molar-refractivity contribution in [3.8, 4) is 0 Å². The van der Waals surface area contributed by atoms with E-state index in [1.807, 2.05) is 0 Å². The van der Waals surface area contributed by atoms with Crippen LogP contribution < -0.4 is 0 Å². The molecule has 5 heteroatoms. The van der Waals surface area contributed by atoms with Gasteiger partial charge in [0.05, 0.1) is 11.7 Å². The van der Waals surface area contributed by atoms with Gasteiger partial charge in [0.15, 0.2) is 22.4 Å². The van der Waals surface area contributed by atoms with Gasteiger partial charge in [0.2, 0.25) is 0 Å². The first-order chi connectivity index (χ1) is 10.6. The smallest absolute Gasteiger partial charge is 0.187 e. The predicted octanol–water partition coefficient (Wildman–Crippen LogP) is 5.70. The van der Waals surface area contributed by atoms with E-state index in [0.717, 1.165) is 19.3 Å². The Kier molecular flexibility index (Phi) is 5.13. The van der Waals surface area contributed by atoms with Crippen molar-refractivity contribution in [3.05, 3.63) is 11.6 Å². The van der Waals surface area contributed by atoms with E-state index < -0.39 is 22.4 Å². The third kappa shape index (κ3) is 4.23. The molecule has 1 spiro atoms. The van der Waals surface area contributed by atoms with Crippen molar-refractivity contribution in [2.45, 2.75) is 104 Å². The molecule has 0 aromatic heterocycles. The molecule has 0 amide bonds. The molecule has 2 aliphatic rings. The summed E-state index contributed by atoms with van der Waals surface area (Å²) < 4.78 is 19.6. The summed E-state index contributed by atoms with van der Waals surface area (Å²) in [5.74, 6) is -0.455. The first-order valence-corrected chi connectivity index (χ1v) is 16.2. The van der Waals surface area contributed by atoms with Crippen LogP contribution in [0.1, 0.15) is 47.0 Å². The normalized spacial score (nSPS) is 36.9. The zero-order valence-electron chi connectivity index (χ0n) is 17.5. The Bertz CT molecular complexity index is 516. The first kappa shape index (κ1) is 20.4. The molecule has 140 valence electrons. The Labute approximate surface area is 151 Å². The second-order valence-electron chi connectivity index (χ2n) is 10.5. The van der Waals surface area contributed by atoms with E-state index in [2.05, 4.69) is 73.1 Å². The SMILES string of the molecule is CC1=CC(O[Si](C)(C)C)CC(C)(C)C12CCC(C)(O[Si](C)(C)C)O2. The highest BCUT2D eigenvalue weighted by atomic mass is 28.4. The second-order valence-corrected chi connectivity index (χ2v) is 19.4. The summed E-state index contributed by atoms with van der Waals surface area (Å²) in [5.41, 5.74) is 1.14. The van der Waals surface area contributed by atoms with Gasteiger partial charge >= 0.3 is 0 Å². The van der Waals surface area contributed by atoms with Crippen molar-refractivity contribution in [2.24, 2.45) is 5.41 Å². The summed E-state index contributed by atoms with van der Waals surface area (Å²) in [6.07, 6.45) is 5.54. The molecule has 0 radical (unpaired) electrons. The minimum Gasteiger partial charge on any atom is -0.411 e. The molecule has 1 saturated heterocycles. The van der Waals surface area contributed by atoms with Crippen LogP contribution in [0.15, 0.2) is 11.6 Å². The second kappa shape index (κ2) is 6.05. The van der Waals surface area contributed by atoms with Crippen molar-refractivity contribution in [2.75, 3.05) is 0 Å². The van der Waals surface area contributed by atoms with Crippen molar-refractivity contribution >= 4 is 16.6 Å². The lowest BCUT2D eigenvalue weighted by Gasteiger charge is -2.51. The lowest BCUT2D eigenvalue weighted by Crippen LogP contribution is -2.53. The number of hydrogen-bond donors (Lipinski definition) is 0. The minimum absolute atomic E-state index is 0.0384. The molecule has 3 unspecified atom stereocenters. The number of hydrogen-bond acceptors (Lipinski definition) is 3. The van der Waals surface area contributed by atoms with Crippen molar-refractivity contribution in [1.29, 1.82) is 0 Å². The molecule has 24 heavy (non-hydrogen) atoms. The highest BCUT2D eigenvalue weighted by molar-refractivity contribution is 6.70. The summed E-state index contributed by atoms with van der Waals surface area (Å²) in [4.78, 5) is 0. The third-order valence-electron chi connectivity index (χ3n) is 5.23. The minimum atomic E-state index is -1.65. The topological polar surface area (TPSA) is 27.7 Å². The molecular weight excluding hydrogens is 332 g/mol. The molecule has 3 atom stereocenters. The van der Waals surface area contributed by atoms with Crippen LogP contribution in [-0.2, 0) is 13.6 Å². The molecule has 1 aliphatic carbocycles. The largest absolute Gasteiger partial charge is 0.411 e. The van der Waals surface area contributed by atoms with E-state index in [4.69, 9.17) is 13.6 Å². The Morgan fingerprint density at radius 1 is 1.00 bits per heavy atom. The van der Waals surface area contributed by atoms with E-state index in [0.29, 0.717) is 0 Å². The molecule has 3 nitrogen and oxygen atoms in total. The monoisotopic (exact) mass is 370 g/mol. The maximum atomic E-state index is 6.76. The van der Waals surface area contributed by atoms with Crippen LogP contribution in [-0.4, -0.2) is 34.1 Å².